The SMILES string of the molecule is CC(C)c1cccc(C(C)C)c1-n1c(C2CC2C)[n+](C)c2ccccc21. The zero-order valence-corrected chi connectivity index (χ0v) is 17.0. The molecule has 1 heterocycles. The lowest BCUT2D eigenvalue weighted by Crippen LogP contribution is -2.33. The summed E-state index contributed by atoms with van der Waals surface area (Å²) in [5, 5.41) is 0. The molecule has 2 aromatic carbocycles. The van der Waals surface area contributed by atoms with Crippen molar-refractivity contribution in [2.24, 2.45) is 13.0 Å². The average molecular weight is 348 g/mol. The first-order valence-electron chi connectivity index (χ1n) is 10.0. The molecule has 1 aliphatic carbocycles. The van der Waals surface area contributed by atoms with Crippen LogP contribution in [0.2, 0.25) is 0 Å². The Hall–Kier alpha value is -2.09. The van der Waals surface area contributed by atoms with Crippen LogP contribution in [0, 0.1) is 5.92 Å². The molecule has 136 valence electrons. The second-order valence-electron chi connectivity index (χ2n) is 8.66. The van der Waals surface area contributed by atoms with E-state index in [0.717, 1.165) is 5.92 Å². The maximum absolute atomic E-state index is 2.59. The number of para-hydroxylation sites is 3. The molecule has 0 N–H and O–H groups in total. The molecular weight excluding hydrogens is 316 g/mol. The monoisotopic (exact) mass is 347 g/mol. The zero-order valence-electron chi connectivity index (χ0n) is 17.0. The largest absolute Gasteiger partial charge is 0.265 e. The van der Waals surface area contributed by atoms with Crippen LogP contribution in [-0.4, -0.2) is 4.57 Å². The van der Waals surface area contributed by atoms with Gasteiger partial charge in [-0.3, -0.25) is 0 Å². The summed E-state index contributed by atoms with van der Waals surface area (Å²) in [5.74, 6) is 3.90. The summed E-state index contributed by atoms with van der Waals surface area (Å²) in [5.41, 5.74) is 6.98. The van der Waals surface area contributed by atoms with E-state index in [2.05, 4.69) is 93.3 Å². The molecule has 0 bridgehead atoms. The van der Waals surface area contributed by atoms with Gasteiger partial charge in [-0.1, -0.05) is 65.0 Å². The molecule has 0 saturated heterocycles. The second kappa shape index (κ2) is 6.26. The number of nitrogens with zero attached hydrogens (tertiary/aromatic N) is 2. The minimum atomic E-state index is 0.500. The lowest BCUT2D eigenvalue weighted by atomic mass is 9.92. The zero-order chi connectivity index (χ0) is 18.6. The minimum Gasteiger partial charge on any atom is -0.229 e. The van der Waals surface area contributed by atoms with Gasteiger partial charge >= 0.3 is 0 Å². The summed E-state index contributed by atoms with van der Waals surface area (Å²) in [6.45, 7) is 11.6. The Morgan fingerprint density at radius 1 is 0.923 bits per heavy atom. The number of aryl methyl sites for hydroxylation is 1. The van der Waals surface area contributed by atoms with Gasteiger partial charge in [-0.05, 0) is 36.3 Å². The Balaban J connectivity index is 2.13. The van der Waals surface area contributed by atoms with E-state index in [9.17, 15) is 0 Å². The van der Waals surface area contributed by atoms with E-state index in [1.807, 2.05) is 0 Å². The molecule has 1 saturated carbocycles. The summed E-state index contributed by atoms with van der Waals surface area (Å²) in [6.07, 6.45) is 1.30. The van der Waals surface area contributed by atoms with Gasteiger partial charge in [-0.15, -0.1) is 0 Å². The maximum atomic E-state index is 2.59. The molecule has 2 heteroatoms. The lowest BCUT2D eigenvalue weighted by Gasteiger charge is -2.18. The van der Waals surface area contributed by atoms with Crippen LogP contribution in [0.4, 0.5) is 0 Å². The third-order valence-corrected chi connectivity index (χ3v) is 6.06. The van der Waals surface area contributed by atoms with Gasteiger partial charge in [0.15, 0.2) is 11.0 Å². The molecule has 2 atom stereocenters. The fourth-order valence-corrected chi connectivity index (χ4v) is 4.44. The van der Waals surface area contributed by atoms with Crippen LogP contribution in [0.5, 0.6) is 0 Å². The molecule has 0 amide bonds. The van der Waals surface area contributed by atoms with Gasteiger partial charge in [0.05, 0.1) is 13.0 Å². The van der Waals surface area contributed by atoms with E-state index in [-0.39, 0.29) is 0 Å². The fraction of sp³-hybridized carbons (Fsp3) is 0.458. The summed E-state index contributed by atoms with van der Waals surface area (Å²) in [7, 11) is 2.24. The van der Waals surface area contributed by atoms with Crippen LogP contribution in [0.1, 0.15) is 75.7 Å². The predicted molar refractivity (Wildman–Crippen MR) is 109 cm³/mol. The number of hydrogen-bond donors (Lipinski definition) is 0. The summed E-state index contributed by atoms with van der Waals surface area (Å²) in [6, 6.07) is 15.7. The highest BCUT2D eigenvalue weighted by molar-refractivity contribution is 5.76. The fourth-order valence-electron chi connectivity index (χ4n) is 4.44. The quantitative estimate of drug-likeness (QED) is 0.525. The number of rotatable bonds is 4. The number of hydrogen-bond acceptors (Lipinski definition) is 0. The molecule has 1 aliphatic rings. The number of aromatic nitrogens is 2. The molecular formula is C24H31N2+. The first-order chi connectivity index (χ1) is 12.4. The van der Waals surface area contributed by atoms with Crippen LogP contribution >= 0.6 is 0 Å². The molecule has 2 unspecified atom stereocenters. The van der Waals surface area contributed by atoms with Gasteiger partial charge in [0, 0.05) is 11.1 Å². The summed E-state index contributed by atoms with van der Waals surface area (Å²) in [4.78, 5) is 0. The molecule has 0 aliphatic heterocycles. The van der Waals surface area contributed by atoms with Crippen molar-refractivity contribution in [3.63, 3.8) is 0 Å². The highest BCUT2D eigenvalue weighted by Gasteiger charge is 2.45. The van der Waals surface area contributed by atoms with Gasteiger partial charge in [-0.2, -0.15) is 4.57 Å². The third-order valence-electron chi connectivity index (χ3n) is 6.06. The van der Waals surface area contributed by atoms with E-state index < -0.39 is 0 Å². The second-order valence-corrected chi connectivity index (χ2v) is 8.66. The Morgan fingerprint density at radius 2 is 1.50 bits per heavy atom. The predicted octanol–water partition coefficient (Wildman–Crippen LogP) is 5.83. The molecule has 26 heavy (non-hydrogen) atoms. The van der Waals surface area contributed by atoms with Gasteiger partial charge in [0.2, 0.25) is 0 Å². The van der Waals surface area contributed by atoms with Crippen molar-refractivity contribution in [1.29, 1.82) is 0 Å². The van der Waals surface area contributed by atoms with Crippen LogP contribution in [0.3, 0.4) is 0 Å². The van der Waals surface area contributed by atoms with Gasteiger partial charge in [0.1, 0.15) is 5.69 Å². The van der Waals surface area contributed by atoms with Crippen molar-refractivity contribution in [1.82, 2.24) is 4.57 Å². The highest BCUT2D eigenvalue weighted by atomic mass is 15.2. The number of fused-ring (bicyclic) bond motifs is 1. The topological polar surface area (TPSA) is 8.81 Å². The molecule has 1 fully saturated rings. The first kappa shape index (κ1) is 17.3. The smallest absolute Gasteiger partial charge is 0.229 e. The Bertz CT molecular complexity index is 935. The maximum Gasteiger partial charge on any atom is 0.265 e. The van der Waals surface area contributed by atoms with Crippen LogP contribution in [-0.2, 0) is 7.05 Å². The molecule has 0 radical (unpaired) electrons. The third kappa shape index (κ3) is 2.58. The average Bonchev–Trinajstić information content (AvgIpc) is 3.26. The molecule has 2 nitrogen and oxygen atoms in total. The Labute approximate surface area is 157 Å². The molecule has 4 rings (SSSR count). The van der Waals surface area contributed by atoms with E-state index in [1.165, 1.54) is 40.1 Å². The number of benzene rings is 2. The first-order valence-corrected chi connectivity index (χ1v) is 10.0. The Kier molecular flexibility index (Phi) is 4.17. The van der Waals surface area contributed by atoms with Crippen molar-refractivity contribution in [3.05, 3.63) is 59.4 Å². The molecule has 3 aromatic rings. The lowest BCUT2D eigenvalue weighted by molar-refractivity contribution is -0.654. The number of imidazole rings is 1. The van der Waals surface area contributed by atoms with Crippen LogP contribution in [0.25, 0.3) is 16.7 Å². The van der Waals surface area contributed by atoms with Crippen molar-refractivity contribution >= 4 is 11.0 Å². The van der Waals surface area contributed by atoms with E-state index in [4.69, 9.17) is 0 Å². The van der Waals surface area contributed by atoms with Crippen molar-refractivity contribution in [2.75, 3.05) is 0 Å². The van der Waals surface area contributed by atoms with E-state index >= 15 is 0 Å². The van der Waals surface area contributed by atoms with Gasteiger partial charge in [-0.25, -0.2) is 4.57 Å². The standard InChI is InChI=1S/C24H31N2/c1-15(2)18-10-9-11-19(16(3)4)23(18)26-22-13-8-7-12-21(22)25(6)24(26)20-14-17(20)5/h7-13,15-17,20H,14H2,1-6H3/q+1. The van der Waals surface area contributed by atoms with Crippen molar-refractivity contribution < 1.29 is 4.57 Å². The highest BCUT2D eigenvalue weighted by Crippen LogP contribution is 2.48. The molecule has 0 spiro atoms. The Morgan fingerprint density at radius 3 is 2.04 bits per heavy atom. The van der Waals surface area contributed by atoms with E-state index in [0.29, 0.717) is 17.8 Å². The minimum absolute atomic E-state index is 0.500. The van der Waals surface area contributed by atoms with Crippen LogP contribution < -0.4 is 4.57 Å². The van der Waals surface area contributed by atoms with Gasteiger partial charge < -0.3 is 0 Å². The van der Waals surface area contributed by atoms with Crippen molar-refractivity contribution in [2.45, 2.75) is 58.8 Å². The van der Waals surface area contributed by atoms with E-state index in [1.54, 1.807) is 0 Å². The summed E-state index contributed by atoms with van der Waals surface area (Å²) < 4.78 is 5.03. The van der Waals surface area contributed by atoms with Crippen LogP contribution in [0.15, 0.2) is 42.5 Å². The van der Waals surface area contributed by atoms with Crippen molar-refractivity contribution in [3.8, 4) is 5.69 Å². The molecule has 1 aromatic heterocycles. The van der Waals surface area contributed by atoms with Gasteiger partial charge in [0.25, 0.3) is 5.82 Å². The normalized spacial score (nSPS) is 19.7. The summed E-state index contributed by atoms with van der Waals surface area (Å²) >= 11 is 0.